The van der Waals surface area contributed by atoms with E-state index in [4.69, 9.17) is 15.2 Å². The molecule has 0 spiro atoms. The SMILES string of the molecule is COC(=O)c1cc(N)cc(-n2c(C)ccc2-c2cc(F)ccc2OCc2ccc(F)cc2)c1. The highest BCUT2D eigenvalue weighted by Crippen LogP contribution is 2.35. The monoisotopic (exact) mass is 448 g/mol. The number of hydrogen-bond donors (Lipinski definition) is 1. The first-order valence-corrected chi connectivity index (χ1v) is 10.2. The van der Waals surface area contributed by atoms with E-state index in [1.807, 2.05) is 23.6 Å². The van der Waals surface area contributed by atoms with Gasteiger partial charge < -0.3 is 19.8 Å². The highest BCUT2D eigenvalue weighted by atomic mass is 19.1. The molecular weight excluding hydrogens is 426 g/mol. The first-order valence-electron chi connectivity index (χ1n) is 10.2. The van der Waals surface area contributed by atoms with Crippen molar-refractivity contribution < 1.29 is 23.0 Å². The van der Waals surface area contributed by atoms with Crippen LogP contribution in [-0.2, 0) is 11.3 Å². The fourth-order valence-electron chi connectivity index (χ4n) is 3.66. The summed E-state index contributed by atoms with van der Waals surface area (Å²) < 4.78 is 40.1. The van der Waals surface area contributed by atoms with E-state index >= 15 is 0 Å². The number of halogens is 2. The van der Waals surface area contributed by atoms with Gasteiger partial charge in [0.05, 0.1) is 18.4 Å². The van der Waals surface area contributed by atoms with Crippen molar-refractivity contribution in [3.05, 3.63) is 101 Å². The minimum Gasteiger partial charge on any atom is -0.488 e. The van der Waals surface area contributed by atoms with Gasteiger partial charge >= 0.3 is 5.97 Å². The number of carbonyl (C=O) groups is 1. The molecule has 2 N–H and O–H groups in total. The van der Waals surface area contributed by atoms with Crippen molar-refractivity contribution in [3.63, 3.8) is 0 Å². The van der Waals surface area contributed by atoms with Crippen LogP contribution in [0.3, 0.4) is 0 Å². The van der Waals surface area contributed by atoms with Crippen molar-refractivity contribution in [2.45, 2.75) is 13.5 Å². The van der Waals surface area contributed by atoms with E-state index in [0.29, 0.717) is 33.9 Å². The molecule has 0 aliphatic rings. The first-order chi connectivity index (χ1) is 15.9. The summed E-state index contributed by atoms with van der Waals surface area (Å²) in [6.07, 6.45) is 0. The van der Waals surface area contributed by atoms with Gasteiger partial charge in [0.1, 0.15) is 24.0 Å². The molecule has 3 aromatic carbocycles. The third kappa shape index (κ3) is 4.72. The number of carbonyl (C=O) groups excluding carboxylic acids is 1. The lowest BCUT2D eigenvalue weighted by atomic mass is 10.1. The molecule has 0 saturated heterocycles. The Hall–Kier alpha value is -4.13. The molecule has 0 aliphatic heterocycles. The standard InChI is InChI=1S/C26H22F2N2O3/c1-16-3-9-24(30(16)22-12-18(26(31)32-2)11-21(29)14-22)23-13-20(28)8-10-25(23)33-15-17-4-6-19(27)7-5-17/h3-14H,15,29H2,1-2H3. The Balaban J connectivity index is 1.77. The number of anilines is 1. The molecular formula is C26H22F2N2O3. The van der Waals surface area contributed by atoms with Crippen molar-refractivity contribution in [2.24, 2.45) is 0 Å². The van der Waals surface area contributed by atoms with E-state index in [2.05, 4.69) is 0 Å². The summed E-state index contributed by atoms with van der Waals surface area (Å²) in [7, 11) is 1.30. The van der Waals surface area contributed by atoms with Crippen molar-refractivity contribution in [2.75, 3.05) is 12.8 Å². The van der Waals surface area contributed by atoms with Crippen LogP contribution in [0.25, 0.3) is 16.9 Å². The molecule has 0 bridgehead atoms. The normalized spacial score (nSPS) is 10.8. The number of nitrogens with zero attached hydrogens (tertiary/aromatic N) is 1. The number of aromatic nitrogens is 1. The third-order valence-corrected chi connectivity index (χ3v) is 5.22. The van der Waals surface area contributed by atoms with Crippen LogP contribution >= 0.6 is 0 Å². The fraction of sp³-hybridized carbons (Fsp3) is 0.115. The molecule has 5 nitrogen and oxygen atoms in total. The van der Waals surface area contributed by atoms with Crippen LogP contribution in [0.4, 0.5) is 14.5 Å². The van der Waals surface area contributed by atoms with Gasteiger partial charge in [0.15, 0.2) is 0 Å². The Labute approximate surface area is 190 Å². The molecule has 0 unspecified atom stereocenters. The van der Waals surface area contributed by atoms with Gasteiger partial charge in [0, 0.05) is 22.6 Å². The van der Waals surface area contributed by atoms with E-state index < -0.39 is 11.8 Å². The summed E-state index contributed by atoms with van der Waals surface area (Å²) in [5.41, 5.74) is 10.2. The van der Waals surface area contributed by atoms with Crippen LogP contribution in [0.2, 0.25) is 0 Å². The number of aryl methyl sites for hydroxylation is 1. The molecule has 7 heteroatoms. The zero-order valence-corrected chi connectivity index (χ0v) is 18.1. The van der Waals surface area contributed by atoms with Crippen LogP contribution in [0.15, 0.2) is 72.8 Å². The molecule has 0 amide bonds. The number of nitrogen functional groups attached to an aromatic ring is 1. The fourth-order valence-corrected chi connectivity index (χ4v) is 3.66. The highest BCUT2D eigenvalue weighted by molar-refractivity contribution is 5.91. The van der Waals surface area contributed by atoms with E-state index in [9.17, 15) is 13.6 Å². The topological polar surface area (TPSA) is 66.5 Å². The van der Waals surface area contributed by atoms with Gasteiger partial charge in [0.25, 0.3) is 0 Å². The maximum absolute atomic E-state index is 14.3. The lowest BCUT2D eigenvalue weighted by Crippen LogP contribution is -2.07. The smallest absolute Gasteiger partial charge is 0.337 e. The average Bonchev–Trinajstić information content (AvgIpc) is 3.19. The Kier molecular flexibility index (Phi) is 6.13. The summed E-state index contributed by atoms with van der Waals surface area (Å²) in [6.45, 7) is 2.08. The van der Waals surface area contributed by atoms with Gasteiger partial charge in [-0.15, -0.1) is 0 Å². The zero-order chi connectivity index (χ0) is 23.5. The second kappa shape index (κ2) is 9.16. The van der Waals surface area contributed by atoms with Crippen LogP contribution in [0, 0.1) is 18.6 Å². The molecule has 0 atom stereocenters. The minimum atomic E-state index is -0.510. The lowest BCUT2D eigenvalue weighted by Gasteiger charge is -2.17. The molecule has 168 valence electrons. The second-order valence-corrected chi connectivity index (χ2v) is 7.56. The highest BCUT2D eigenvalue weighted by Gasteiger charge is 2.17. The summed E-state index contributed by atoms with van der Waals surface area (Å²) in [5, 5.41) is 0. The Morgan fingerprint density at radius 2 is 1.67 bits per heavy atom. The summed E-state index contributed by atoms with van der Waals surface area (Å²) in [6, 6.07) is 18.9. The van der Waals surface area contributed by atoms with Crippen LogP contribution in [-0.4, -0.2) is 17.6 Å². The van der Waals surface area contributed by atoms with Crippen LogP contribution in [0.1, 0.15) is 21.6 Å². The van der Waals surface area contributed by atoms with Crippen LogP contribution < -0.4 is 10.5 Å². The maximum Gasteiger partial charge on any atom is 0.337 e. The zero-order valence-electron chi connectivity index (χ0n) is 18.1. The third-order valence-electron chi connectivity index (χ3n) is 5.22. The number of benzene rings is 3. The van der Waals surface area contributed by atoms with E-state index in [1.54, 1.807) is 30.3 Å². The number of nitrogens with two attached hydrogens (primary N) is 1. The lowest BCUT2D eigenvalue weighted by molar-refractivity contribution is 0.0600. The number of ether oxygens (including phenoxy) is 2. The van der Waals surface area contributed by atoms with Gasteiger partial charge in [0.2, 0.25) is 0 Å². The molecule has 0 saturated carbocycles. The average molecular weight is 448 g/mol. The van der Waals surface area contributed by atoms with Gasteiger partial charge in [-0.05, 0) is 73.2 Å². The summed E-state index contributed by atoms with van der Waals surface area (Å²) >= 11 is 0. The second-order valence-electron chi connectivity index (χ2n) is 7.56. The summed E-state index contributed by atoms with van der Waals surface area (Å²) in [5.74, 6) is -0.809. The number of hydrogen-bond acceptors (Lipinski definition) is 4. The molecule has 0 radical (unpaired) electrons. The van der Waals surface area contributed by atoms with Gasteiger partial charge in [-0.25, -0.2) is 13.6 Å². The molecule has 1 heterocycles. The van der Waals surface area contributed by atoms with Gasteiger partial charge in [-0.3, -0.25) is 0 Å². The van der Waals surface area contributed by atoms with Crippen LogP contribution in [0.5, 0.6) is 5.75 Å². The van der Waals surface area contributed by atoms with Crippen molar-refractivity contribution in [1.29, 1.82) is 0 Å². The molecule has 0 fully saturated rings. The maximum atomic E-state index is 14.3. The first kappa shape index (κ1) is 22.1. The van der Waals surface area contributed by atoms with E-state index in [-0.39, 0.29) is 12.4 Å². The van der Waals surface area contributed by atoms with Gasteiger partial charge in [-0.2, -0.15) is 0 Å². The summed E-state index contributed by atoms with van der Waals surface area (Å²) in [4.78, 5) is 12.1. The number of esters is 1. The van der Waals surface area contributed by atoms with E-state index in [0.717, 1.165) is 11.3 Å². The number of methoxy groups -OCH3 is 1. The Morgan fingerprint density at radius 3 is 2.39 bits per heavy atom. The molecule has 4 rings (SSSR count). The van der Waals surface area contributed by atoms with Crippen molar-refractivity contribution in [3.8, 4) is 22.7 Å². The predicted molar refractivity (Wildman–Crippen MR) is 122 cm³/mol. The molecule has 4 aromatic rings. The largest absolute Gasteiger partial charge is 0.488 e. The minimum absolute atomic E-state index is 0.184. The van der Waals surface area contributed by atoms with Gasteiger partial charge in [-0.1, -0.05) is 12.1 Å². The quantitative estimate of drug-likeness (QED) is 0.305. The molecule has 0 aliphatic carbocycles. The Morgan fingerprint density at radius 1 is 0.939 bits per heavy atom. The van der Waals surface area contributed by atoms with Crippen molar-refractivity contribution in [1.82, 2.24) is 4.57 Å². The molecule has 33 heavy (non-hydrogen) atoms. The van der Waals surface area contributed by atoms with Crippen molar-refractivity contribution >= 4 is 11.7 Å². The predicted octanol–water partition coefficient (Wildman–Crippen LogP) is 5.68. The molecule has 1 aromatic heterocycles. The number of rotatable bonds is 6. The van der Waals surface area contributed by atoms with E-state index in [1.165, 1.54) is 37.4 Å². The Bertz CT molecular complexity index is 1310.